The quantitative estimate of drug-likeness (QED) is 0.213. The van der Waals surface area contributed by atoms with Crippen molar-refractivity contribution in [2.75, 3.05) is 27.0 Å². The van der Waals surface area contributed by atoms with Gasteiger partial charge in [0.15, 0.2) is 20.4 Å². The van der Waals surface area contributed by atoms with Crippen LogP contribution in [-0.2, 0) is 28.6 Å². The van der Waals surface area contributed by atoms with Crippen LogP contribution in [0.4, 0.5) is 0 Å². The number of rotatable bonds is 6. The Bertz CT molecular complexity index is 238. The molecule has 10 nitrogen and oxygen atoms in total. The molecule has 0 heterocycles. The predicted octanol–water partition coefficient (Wildman–Crippen LogP) is -0.621. The van der Waals surface area contributed by atoms with Crippen LogP contribution in [0.15, 0.2) is 0 Å². The van der Waals surface area contributed by atoms with Gasteiger partial charge in [0.2, 0.25) is 0 Å². The number of aliphatic hydroxyl groups excluding tert-OH is 4. The van der Waals surface area contributed by atoms with Crippen LogP contribution in [0, 0.1) is 0 Å². The van der Waals surface area contributed by atoms with Crippen LogP contribution < -0.4 is 0 Å². The van der Waals surface area contributed by atoms with E-state index in [1.165, 1.54) is 0 Å². The third kappa shape index (κ3) is 30.9. The van der Waals surface area contributed by atoms with E-state index in [0.29, 0.717) is 0 Å². The van der Waals surface area contributed by atoms with E-state index in [1.807, 2.05) is 0 Å². The summed E-state index contributed by atoms with van der Waals surface area (Å²) >= 11 is 0. The molecule has 0 amide bonds. The van der Waals surface area contributed by atoms with Gasteiger partial charge in [-0.15, -0.1) is 0 Å². The average Bonchev–Trinajstić information content (AvgIpc) is 2.30. The van der Waals surface area contributed by atoms with Gasteiger partial charge in [0.1, 0.15) is 13.0 Å². The van der Waals surface area contributed by atoms with Crippen LogP contribution in [0.3, 0.4) is 0 Å². The first kappa shape index (κ1) is 37.0. The highest BCUT2D eigenvalue weighted by Gasteiger charge is 2.10. The fourth-order valence-electron chi connectivity index (χ4n) is 0.482. The molecule has 0 bridgehead atoms. The molecule has 0 rings (SSSR count). The molecule has 138 valence electrons. The molecule has 22 heavy (non-hydrogen) atoms. The van der Waals surface area contributed by atoms with E-state index >= 15 is 0 Å². The van der Waals surface area contributed by atoms with Gasteiger partial charge in [0.05, 0.1) is 0 Å². The molecule has 0 unspecified atom stereocenters. The SMILES string of the molecule is C.C.C.C.O=C(CC(=O)OCO)OCO.O=C(CO)OCO. The molecule has 0 aromatic carbocycles. The van der Waals surface area contributed by atoms with Gasteiger partial charge in [0, 0.05) is 0 Å². The van der Waals surface area contributed by atoms with Crippen molar-refractivity contribution in [2.24, 2.45) is 0 Å². The minimum absolute atomic E-state index is 0. The van der Waals surface area contributed by atoms with E-state index in [9.17, 15) is 14.4 Å². The molecule has 10 heteroatoms. The largest absolute Gasteiger partial charge is 0.438 e. The molecular formula is C12H30O10. The molecular weight excluding hydrogens is 304 g/mol. The van der Waals surface area contributed by atoms with Gasteiger partial charge >= 0.3 is 17.9 Å². The van der Waals surface area contributed by atoms with Crippen molar-refractivity contribution in [1.82, 2.24) is 0 Å². The summed E-state index contributed by atoms with van der Waals surface area (Å²) in [5, 5.41) is 31.8. The van der Waals surface area contributed by atoms with Crippen LogP contribution in [0.1, 0.15) is 36.1 Å². The van der Waals surface area contributed by atoms with E-state index in [1.54, 1.807) is 0 Å². The standard InChI is InChI=1S/C5H8O6.C3H6O4.4CH4/c6-2-10-4(8)1-5(9)11-3-7;4-1-3(6)7-2-5;;;;/h6-7H,1-3H2;4-5H,1-2H2;4*1H4. The summed E-state index contributed by atoms with van der Waals surface area (Å²) in [7, 11) is 0. The molecule has 0 atom stereocenters. The summed E-state index contributed by atoms with van der Waals surface area (Å²) in [6, 6.07) is 0. The summed E-state index contributed by atoms with van der Waals surface area (Å²) in [4.78, 5) is 30.5. The number of hydrogen-bond acceptors (Lipinski definition) is 10. The van der Waals surface area contributed by atoms with Crippen molar-refractivity contribution in [3.05, 3.63) is 0 Å². The van der Waals surface area contributed by atoms with E-state index in [-0.39, 0.29) is 29.7 Å². The van der Waals surface area contributed by atoms with Crippen LogP contribution >= 0.6 is 0 Å². The fourth-order valence-corrected chi connectivity index (χ4v) is 0.482. The van der Waals surface area contributed by atoms with Crippen molar-refractivity contribution in [3.63, 3.8) is 0 Å². The van der Waals surface area contributed by atoms with Crippen LogP contribution in [0.25, 0.3) is 0 Å². The summed E-state index contributed by atoms with van der Waals surface area (Å²) in [6.07, 6.45) is -0.610. The minimum Gasteiger partial charge on any atom is -0.438 e. The highest BCUT2D eigenvalue weighted by Crippen LogP contribution is 1.88. The van der Waals surface area contributed by atoms with E-state index in [0.717, 1.165) is 0 Å². The van der Waals surface area contributed by atoms with E-state index in [4.69, 9.17) is 20.4 Å². The first-order valence-electron chi connectivity index (χ1n) is 4.42. The summed E-state index contributed by atoms with van der Waals surface area (Å²) in [5.74, 6) is -2.61. The lowest BCUT2D eigenvalue weighted by Gasteiger charge is -1.99. The van der Waals surface area contributed by atoms with E-state index in [2.05, 4.69) is 14.2 Å². The Morgan fingerprint density at radius 1 is 0.591 bits per heavy atom. The Morgan fingerprint density at radius 3 is 1.05 bits per heavy atom. The Labute approximate surface area is 131 Å². The number of carbonyl (C=O) groups excluding carboxylic acids is 3. The van der Waals surface area contributed by atoms with Crippen molar-refractivity contribution in [1.29, 1.82) is 0 Å². The van der Waals surface area contributed by atoms with Crippen LogP contribution in [0.2, 0.25) is 0 Å². The van der Waals surface area contributed by atoms with Crippen LogP contribution in [-0.4, -0.2) is 65.3 Å². The second-order valence-corrected chi connectivity index (χ2v) is 2.27. The zero-order chi connectivity index (χ0) is 14.4. The average molecular weight is 334 g/mol. The Kier molecular flexibility index (Phi) is 46.3. The number of hydrogen-bond donors (Lipinski definition) is 4. The predicted molar refractivity (Wildman–Crippen MR) is 78.2 cm³/mol. The van der Waals surface area contributed by atoms with Gasteiger partial charge < -0.3 is 34.6 Å². The Hall–Kier alpha value is -1.75. The van der Waals surface area contributed by atoms with E-state index < -0.39 is 51.3 Å². The van der Waals surface area contributed by atoms with Crippen molar-refractivity contribution < 1.29 is 49.0 Å². The van der Waals surface area contributed by atoms with Crippen molar-refractivity contribution in [2.45, 2.75) is 36.1 Å². The van der Waals surface area contributed by atoms with Gasteiger partial charge in [-0.05, 0) is 0 Å². The first-order chi connectivity index (χ1) is 8.51. The lowest BCUT2D eigenvalue weighted by atomic mass is 10.4. The number of carbonyl (C=O) groups is 3. The molecule has 0 radical (unpaired) electrons. The molecule has 0 aliphatic heterocycles. The van der Waals surface area contributed by atoms with Gasteiger partial charge in [-0.3, -0.25) is 9.59 Å². The highest BCUT2D eigenvalue weighted by molar-refractivity contribution is 5.91. The lowest BCUT2D eigenvalue weighted by molar-refractivity contribution is -0.163. The topological polar surface area (TPSA) is 160 Å². The second-order valence-electron chi connectivity index (χ2n) is 2.27. The summed E-state index contributed by atoms with van der Waals surface area (Å²) in [5.41, 5.74) is 0. The molecule has 0 spiro atoms. The molecule has 0 saturated carbocycles. The molecule has 0 aliphatic rings. The molecule has 0 aromatic rings. The normalized spacial score (nSPS) is 7.09. The molecule has 4 N–H and O–H groups in total. The highest BCUT2D eigenvalue weighted by atomic mass is 16.6. The Balaban J connectivity index is -0.0000000524. The number of ether oxygens (including phenoxy) is 3. The lowest BCUT2D eigenvalue weighted by Crippen LogP contribution is -2.14. The van der Waals surface area contributed by atoms with Gasteiger partial charge in [-0.25, -0.2) is 4.79 Å². The maximum Gasteiger partial charge on any atom is 0.333 e. The Morgan fingerprint density at radius 2 is 0.864 bits per heavy atom. The smallest absolute Gasteiger partial charge is 0.333 e. The maximum absolute atomic E-state index is 10.4. The molecule has 0 saturated heterocycles. The second kappa shape index (κ2) is 27.6. The first-order valence-corrected chi connectivity index (χ1v) is 4.42. The number of aliphatic hydroxyl groups is 4. The van der Waals surface area contributed by atoms with Gasteiger partial charge in [0.25, 0.3) is 0 Å². The molecule has 0 aliphatic carbocycles. The minimum atomic E-state index is -0.897. The maximum atomic E-state index is 10.4. The molecule has 0 fully saturated rings. The third-order valence-corrected chi connectivity index (χ3v) is 1.09. The monoisotopic (exact) mass is 334 g/mol. The van der Waals surface area contributed by atoms with Gasteiger partial charge in [-0.1, -0.05) is 29.7 Å². The zero-order valence-corrected chi connectivity index (χ0v) is 9.27. The zero-order valence-electron chi connectivity index (χ0n) is 9.27. The van der Waals surface area contributed by atoms with Gasteiger partial charge in [-0.2, -0.15) is 0 Å². The van der Waals surface area contributed by atoms with Crippen molar-refractivity contribution >= 4 is 17.9 Å². The third-order valence-electron chi connectivity index (χ3n) is 1.09. The summed E-state index contributed by atoms with van der Waals surface area (Å²) < 4.78 is 11.8. The number of esters is 3. The fraction of sp³-hybridized carbons (Fsp3) is 0.750. The summed E-state index contributed by atoms with van der Waals surface area (Å²) in [6.45, 7) is -2.89. The molecule has 0 aromatic heterocycles. The van der Waals surface area contributed by atoms with Crippen LogP contribution in [0.5, 0.6) is 0 Å². The van der Waals surface area contributed by atoms with Crippen molar-refractivity contribution in [3.8, 4) is 0 Å².